The summed E-state index contributed by atoms with van der Waals surface area (Å²) in [5.41, 5.74) is -1.33. The number of halogens is 3. The zero-order chi connectivity index (χ0) is 14.4. The number of phenolic OH excluding ortho intramolecular Hbond substituents is 1. The van der Waals surface area contributed by atoms with Crippen LogP contribution in [-0.2, 0) is 13.2 Å². The maximum Gasteiger partial charge on any atom is 0.432 e. The molecule has 0 aliphatic carbocycles. The van der Waals surface area contributed by atoms with E-state index < -0.39 is 23.3 Å². The highest BCUT2D eigenvalue weighted by atomic mass is 19.4. The van der Waals surface area contributed by atoms with Crippen LogP contribution >= 0.6 is 0 Å². The molecule has 4 nitrogen and oxygen atoms in total. The average molecular weight is 272 g/mol. The second kappa shape index (κ2) is 4.18. The molecule has 7 heteroatoms. The van der Waals surface area contributed by atoms with Crippen molar-refractivity contribution in [3.63, 3.8) is 0 Å². The molecule has 0 fully saturated rings. The second-order valence-electron chi connectivity index (χ2n) is 4.06. The summed E-state index contributed by atoms with van der Waals surface area (Å²) in [6, 6.07) is 3.73. The maximum atomic E-state index is 13.1. The highest BCUT2D eigenvalue weighted by Crippen LogP contribution is 2.38. The first-order valence-corrected chi connectivity index (χ1v) is 5.38. The summed E-state index contributed by atoms with van der Waals surface area (Å²) in [5.74, 6) is -0.978. The van der Waals surface area contributed by atoms with Crippen molar-refractivity contribution in [3.05, 3.63) is 29.5 Å². The summed E-state index contributed by atoms with van der Waals surface area (Å²) in [5, 5.41) is 11.7. The molecule has 1 heterocycles. The lowest BCUT2D eigenvalue weighted by atomic mass is 10.1. The third-order valence-electron chi connectivity index (χ3n) is 2.91. The number of carbonyl (C=O) groups is 1. The molecule has 0 unspecified atom stereocenters. The Morgan fingerprint density at radius 1 is 1.37 bits per heavy atom. The van der Waals surface area contributed by atoms with Crippen molar-refractivity contribution in [2.24, 2.45) is 7.05 Å². The molecule has 19 heavy (non-hydrogen) atoms. The minimum atomic E-state index is -4.66. The van der Waals surface area contributed by atoms with Crippen molar-refractivity contribution in [1.29, 1.82) is 0 Å². The van der Waals surface area contributed by atoms with Gasteiger partial charge in [0, 0.05) is 25.5 Å². The zero-order valence-corrected chi connectivity index (χ0v) is 10.2. The van der Waals surface area contributed by atoms with Gasteiger partial charge < -0.3 is 15.0 Å². The molecule has 2 N–H and O–H groups in total. The number of hydrogen-bond acceptors (Lipinski definition) is 2. The summed E-state index contributed by atoms with van der Waals surface area (Å²) in [4.78, 5) is 11.7. The van der Waals surface area contributed by atoms with Crippen LogP contribution in [0.3, 0.4) is 0 Å². The molecule has 1 aromatic carbocycles. The van der Waals surface area contributed by atoms with Crippen molar-refractivity contribution in [1.82, 2.24) is 9.88 Å². The molecular weight excluding hydrogens is 261 g/mol. The summed E-state index contributed by atoms with van der Waals surface area (Å²) in [6.07, 6.45) is -4.66. The molecule has 0 aliphatic rings. The van der Waals surface area contributed by atoms with Gasteiger partial charge in [-0.2, -0.15) is 13.2 Å². The molecule has 0 saturated heterocycles. The Bertz CT molecular complexity index is 659. The number of aryl methyl sites for hydroxylation is 1. The van der Waals surface area contributed by atoms with Crippen molar-refractivity contribution in [3.8, 4) is 5.75 Å². The lowest BCUT2D eigenvalue weighted by Crippen LogP contribution is -2.23. The monoisotopic (exact) mass is 272 g/mol. The van der Waals surface area contributed by atoms with Crippen LogP contribution in [0.15, 0.2) is 18.2 Å². The average Bonchev–Trinajstić information content (AvgIpc) is 2.61. The lowest BCUT2D eigenvalue weighted by molar-refractivity contribution is -0.143. The van der Waals surface area contributed by atoms with Crippen molar-refractivity contribution < 1.29 is 23.1 Å². The third kappa shape index (κ3) is 2.00. The number of rotatable bonds is 1. The van der Waals surface area contributed by atoms with Crippen LogP contribution in [0.2, 0.25) is 0 Å². The predicted octanol–water partition coefficient (Wildman–Crippen LogP) is 2.26. The van der Waals surface area contributed by atoms with E-state index in [1.165, 1.54) is 32.3 Å². The fraction of sp³-hybridized carbons (Fsp3) is 0.250. The van der Waals surface area contributed by atoms with Gasteiger partial charge in [-0.15, -0.1) is 0 Å². The Labute approximate surface area is 106 Å². The van der Waals surface area contributed by atoms with Crippen molar-refractivity contribution in [2.45, 2.75) is 6.18 Å². The topological polar surface area (TPSA) is 54.3 Å². The minimum Gasteiger partial charge on any atom is -0.508 e. The van der Waals surface area contributed by atoms with E-state index >= 15 is 0 Å². The van der Waals surface area contributed by atoms with Crippen molar-refractivity contribution >= 4 is 16.8 Å². The van der Waals surface area contributed by atoms with Gasteiger partial charge in [0.15, 0.2) is 0 Å². The number of amides is 1. The number of nitrogens with one attached hydrogen (secondary N) is 1. The predicted molar refractivity (Wildman–Crippen MR) is 63.0 cm³/mol. The van der Waals surface area contributed by atoms with E-state index in [0.717, 1.165) is 4.57 Å². The number of fused-ring (bicyclic) bond motifs is 1. The number of alkyl halides is 3. The number of hydrogen-bond donors (Lipinski definition) is 2. The number of nitrogens with zero attached hydrogens (tertiary/aromatic N) is 1. The number of phenols is 1. The summed E-state index contributed by atoms with van der Waals surface area (Å²) in [6.45, 7) is 0. The molecule has 102 valence electrons. The van der Waals surface area contributed by atoms with Crippen molar-refractivity contribution in [2.75, 3.05) is 7.05 Å². The first kappa shape index (κ1) is 13.3. The van der Waals surface area contributed by atoms with E-state index in [4.69, 9.17) is 0 Å². The van der Waals surface area contributed by atoms with Crippen LogP contribution in [0.1, 0.15) is 16.1 Å². The molecule has 0 spiro atoms. The van der Waals surface area contributed by atoms with Gasteiger partial charge in [0.25, 0.3) is 5.91 Å². The molecule has 2 aromatic rings. The van der Waals surface area contributed by atoms with Gasteiger partial charge in [-0.05, 0) is 12.1 Å². The van der Waals surface area contributed by atoms with E-state index in [-0.39, 0.29) is 16.7 Å². The second-order valence-corrected chi connectivity index (χ2v) is 4.06. The molecule has 2 rings (SSSR count). The molecular formula is C12H11F3N2O2. The molecule has 0 bridgehead atoms. The fourth-order valence-electron chi connectivity index (χ4n) is 2.11. The van der Waals surface area contributed by atoms with Gasteiger partial charge in [-0.1, -0.05) is 0 Å². The normalized spacial score (nSPS) is 11.8. The molecule has 0 aliphatic heterocycles. The van der Waals surface area contributed by atoms with E-state index in [1.807, 2.05) is 0 Å². The zero-order valence-electron chi connectivity index (χ0n) is 10.2. The number of aromatic hydroxyl groups is 1. The largest absolute Gasteiger partial charge is 0.508 e. The Morgan fingerprint density at radius 2 is 2.00 bits per heavy atom. The SMILES string of the molecule is CNC(=O)c1c(C(F)(F)F)n(C)c2cc(O)ccc12. The smallest absolute Gasteiger partial charge is 0.432 e. The highest BCUT2D eigenvalue weighted by molar-refractivity contribution is 6.08. The van der Waals surface area contributed by atoms with Crippen LogP contribution in [0.25, 0.3) is 10.9 Å². The Kier molecular flexibility index (Phi) is 2.92. The van der Waals surface area contributed by atoms with E-state index in [0.29, 0.717) is 0 Å². The Balaban J connectivity index is 2.93. The van der Waals surface area contributed by atoms with E-state index in [9.17, 15) is 23.1 Å². The van der Waals surface area contributed by atoms with E-state index in [1.54, 1.807) is 0 Å². The lowest BCUT2D eigenvalue weighted by Gasteiger charge is -2.10. The third-order valence-corrected chi connectivity index (χ3v) is 2.91. The highest BCUT2D eigenvalue weighted by Gasteiger charge is 2.40. The Morgan fingerprint density at radius 3 is 2.53 bits per heavy atom. The number of carbonyl (C=O) groups excluding carboxylic acids is 1. The molecule has 0 radical (unpaired) electrons. The molecule has 1 amide bonds. The maximum absolute atomic E-state index is 13.1. The van der Waals surface area contributed by atoms with Crippen LogP contribution in [0.5, 0.6) is 5.75 Å². The summed E-state index contributed by atoms with van der Waals surface area (Å²) < 4.78 is 40.1. The fourth-order valence-corrected chi connectivity index (χ4v) is 2.11. The number of aromatic nitrogens is 1. The summed E-state index contributed by atoms with van der Waals surface area (Å²) >= 11 is 0. The van der Waals surface area contributed by atoms with Gasteiger partial charge in [0.1, 0.15) is 11.4 Å². The molecule has 0 saturated carbocycles. The molecule has 1 aromatic heterocycles. The minimum absolute atomic E-state index is 0.144. The standard InChI is InChI=1S/C12H11F3N2O2/c1-16-11(19)9-7-4-3-6(18)5-8(7)17(2)10(9)12(13,14)15/h3-5,18H,1-2H3,(H,16,19). The summed E-state index contributed by atoms with van der Waals surface area (Å²) in [7, 11) is 2.47. The van der Waals surface area contributed by atoms with Gasteiger partial charge in [-0.3, -0.25) is 4.79 Å². The quantitative estimate of drug-likeness (QED) is 0.836. The van der Waals surface area contributed by atoms with Gasteiger partial charge >= 0.3 is 6.18 Å². The first-order valence-electron chi connectivity index (χ1n) is 5.38. The van der Waals surface area contributed by atoms with Crippen LogP contribution in [-0.4, -0.2) is 22.6 Å². The first-order chi connectivity index (χ1) is 8.77. The van der Waals surface area contributed by atoms with E-state index in [2.05, 4.69) is 5.32 Å². The van der Waals surface area contributed by atoms with Gasteiger partial charge in [0.05, 0.1) is 11.1 Å². The molecule has 0 atom stereocenters. The van der Waals surface area contributed by atoms with Crippen LogP contribution in [0, 0.1) is 0 Å². The van der Waals surface area contributed by atoms with Gasteiger partial charge in [0.2, 0.25) is 0 Å². The van der Waals surface area contributed by atoms with Crippen LogP contribution in [0.4, 0.5) is 13.2 Å². The Hall–Kier alpha value is -2.18. The number of benzene rings is 1. The van der Waals surface area contributed by atoms with Gasteiger partial charge in [-0.25, -0.2) is 0 Å². The van der Waals surface area contributed by atoms with Crippen LogP contribution < -0.4 is 5.32 Å².